The van der Waals surface area contributed by atoms with Crippen molar-refractivity contribution in [1.82, 2.24) is 0 Å². The highest BCUT2D eigenvalue weighted by molar-refractivity contribution is 9.09. The Hall–Kier alpha value is 0.480. The smallest absolute Gasteiger partial charge is 0.00598 e. The summed E-state index contributed by atoms with van der Waals surface area (Å²) >= 11 is 3.60. The molecule has 0 aromatic heterocycles. The van der Waals surface area contributed by atoms with E-state index in [-0.39, 0.29) is 0 Å². The highest BCUT2D eigenvalue weighted by Crippen LogP contribution is 2.31. The topological polar surface area (TPSA) is 0 Å². The fourth-order valence-electron chi connectivity index (χ4n) is 1.57. The molecule has 0 aromatic carbocycles. The lowest BCUT2D eigenvalue weighted by Crippen LogP contribution is -2.17. The molecule has 0 saturated carbocycles. The third-order valence-electron chi connectivity index (χ3n) is 2.71. The van der Waals surface area contributed by atoms with E-state index in [9.17, 15) is 0 Å². The summed E-state index contributed by atoms with van der Waals surface area (Å²) in [5, 5.41) is 1.17. The van der Waals surface area contributed by atoms with Gasteiger partial charge in [-0.05, 0) is 24.2 Å². The maximum absolute atomic E-state index is 3.60. The first kappa shape index (κ1) is 12.5. The molecule has 0 radical (unpaired) electrons. The van der Waals surface area contributed by atoms with Crippen molar-refractivity contribution in [3.63, 3.8) is 0 Å². The summed E-state index contributed by atoms with van der Waals surface area (Å²) in [6.45, 7) is 9.31. The zero-order chi connectivity index (χ0) is 9.61. The first-order valence-electron chi connectivity index (χ1n) is 5.11. The van der Waals surface area contributed by atoms with Crippen LogP contribution < -0.4 is 0 Å². The average Bonchev–Trinajstić information content (AvgIpc) is 2.03. The van der Waals surface area contributed by atoms with Gasteiger partial charge in [0.1, 0.15) is 0 Å². The van der Waals surface area contributed by atoms with Gasteiger partial charge in [0.25, 0.3) is 0 Å². The molecule has 1 heteroatoms. The number of halogens is 1. The van der Waals surface area contributed by atoms with Crippen molar-refractivity contribution in [2.75, 3.05) is 5.33 Å². The highest BCUT2D eigenvalue weighted by Gasteiger charge is 2.20. The van der Waals surface area contributed by atoms with E-state index in [2.05, 4.69) is 43.6 Å². The van der Waals surface area contributed by atoms with Gasteiger partial charge in [-0.15, -0.1) is 0 Å². The van der Waals surface area contributed by atoms with E-state index in [1.165, 1.54) is 31.0 Å². The van der Waals surface area contributed by atoms with Gasteiger partial charge in [0.15, 0.2) is 0 Å². The van der Waals surface area contributed by atoms with Gasteiger partial charge in [-0.2, -0.15) is 0 Å². The summed E-state index contributed by atoms with van der Waals surface area (Å²) in [5.74, 6) is 0.880. The Balaban J connectivity index is 3.83. The summed E-state index contributed by atoms with van der Waals surface area (Å²) in [7, 11) is 0. The van der Waals surface area contributed by atoms with Crippen molar-refractivity contribution in [3.05, 3.63) is 0 Å². The fraction of sp³-hybridized carbons (Fsp3) is 1.00. The number of alkyl halides is 1. The van der Waals surface area contributed by atoms with E-state index >= 15 is 0 Å². The number of hydrogen-bond donors (Lipinski definition) is 0. The largest absolute Gasteiger partial charge is 0.0925 e. The van der Waals surface area contributed by atoms with E-state index in [1.807, 2.05) is 0 Å². The molecule has 0 amide bonds. The van der Waals surface area contributed by atoms with Gasteiger partial charge in [0.2, 0.25) is 0 Å². The van der Waals surface area contributed by atoms with Gasteiger partial charge in [0.05, 0.1) is 0 Å². The minimum atomic E-state index is 0.535. The predicted molar refractivity (Wildman–Crippen MR) is 60.9 cm³/mol. The second-order valence-electron chi connectivity index (χ2n) is 4.53. The molecule has 0 spiro atoms. The molecule has 0 bridgehead atoms. The molecule has 0 aromatic rings. The van der Waals surface area contributed by atoms with Crippen LogP contribution in [0.5, 0.6) is 0 Å². The minimum absolute atomic E-state index is 0.535. The van der Waals surface area contributed by atoms with E-state index in [0.29, 0.717) is 5.41 Å². The van der Waals surface area contributed by atoms with Crippen LogP contribution >= 0.6 is 15.9 Å². The van der Waals surface area contributed by atoms with Crippen LogP contribution in [0.3, 0.4) is 0 Å². The Morgan fingerprint density at radius 3 is 2.17 bits per heavy atom. The molecule has 0 nitrogen and oxygen atoms in total. The molecule has 12 heavy (non-hydrogen) atoms. The van der Waals surface area contributed by atoms with Crippen molar-refractivity contribution in [1.29, 1.82) is 0 Å². The third-order valence-corrected chi connectivity index (χ3v) is 3.63. The summed E-state index contributed by atoms with van der Waals surface area (Å²) in [6, 6.07) is 0. The molecule has 1 atom stereocenters. The Morgan fingerprint density at radius 2 is 1.83 bits per heavy atom. The van der Waals surface area contributed by atoms with Crippen molar-refractivity contribution in [2.24, 2.45) is 11.3 Å². The second kappa shape index (κ2) is 6.01. The Bertz CT molecular complexity index is 108. The third kappa shape index (κ3) is 5.18. The Morgan fingerprint density at radius 1 is 1.25 bits per heavy atom. The van der Waals surface area contributed by atoms with Crippen LogP contribution in [-0.4, -0.2) is 5.33 Å². The molecule has 74 valence electrons. The number of rotatable bonds is 6. The van der Waals surface area contributed by atoms with E-state index < -0.39 is 0 Å². The summed E-state index contributed by atoms with van der Waals surface area (Å²) in [5.41, 5.74) is 0.535. The van der Waals surface area contributed by atoms with Crippen molar-refractivity contribution < 1.29 is 0 Å². The lowest BCUT2D eigenvalue weighted by molar-refractivity contribution is 0.262. The molecule has 0 N–H and O–H groups in total. The van der Waals surface area contributed by atoms with E-state index in [1.54, 1.807) is 0 Å². The zero-order valence-electron chi connectivity index (χ0n) is 8.99. The molecule has 0 rings (SSSR count). The van der Waals surface area contributed by atoms with Gasteiger partial charge >= 0.3 is 0 Å². The lowest BCUT2D eigenvalue weighted by Gasteiger charge is -2.27. The van der Waals surface area contributed by atoms with Crippen molar-refractivity contribution >= 4 is 15.9 Å². The van der Waals surface area contributed by atoms with Crippen molar-refractivity contribution in [2.45, 2.75) is 53.4 Å². The van der Waals surface area contributed by atoms with E-state index in [0.717, 1.165) is 5.92 Å². The minimum Gasteiger partial charge on any atom is -0.0925 e. The summed E-state index contributed by atoms with van der Waals surface area (Å²) in [6.07, 6.45) is 5.34. The first-order valence-corrected chi connectivity index (χ1v) is 6.23. The molecular weight excluding hydrogens is 212 g/mol. The van der Waals surface area contributed by atoms with E-state index in [4.69, 9.17) is 0 Å². The van der Waals surface area contributed by atoms with Crippen molar-refractivity contribution in [3.8, 4) is 0 Å². The Labute approximate surface area is 86.3 Å². The van der Waals surface area contributed by atoms with Crippen LogP contribution in [-0.2, 0) is 0 Å². The van der Waals surface area contributed by atoms with Crippen LogP contribution in [0.25, 0.3) is 0 Å². The van der Waals surface area contributed by atoms with Gasteiger partial charge in [-0.3, -0.25) is 0 Å². The zero-order valence-corrected chi connectivity index (χ0v) is 10.6. The lowest BCUT2D eigenvalue weighted by atomic mass is 9.80. The summed E-state index contributed by atoms with van der Waals surface area (Å²) < 4.78 is 0. The van der Waals surface area contributed by atoms with Gasteiger partial charge in [-0.1, -0.05) is 56.5 Å². The second-order valence-corrected chi connectivity index (χ2v) is 5.18. The summed E-state index contributed by atoms with van der Waals surface area (Å²) in [4.78, 5) is 0. The van der Waals surface area contributed by atoms with Crippen LogP contribution in [0.4, 0.5) is 0 Å². The molecule has 0 aliphatic carbocycles. The van der Waals surface area contributed by atoms with Crippen LogP contribution in [0.15, 0.2) is 0 Å². The first-order chi connectivity index (χ1) is 5.55. The molecule has 0 aliphatic heterocycles. The average molecular weight is 235 g/mol. The molecule has 1 unspecified atom stereocenters. The maximum Gasteiger partial charge on any atom is 0.00598 e. The quantitative estimate of drug-likeness (QED) is 0.589. The Kier molecular flexibility index (Phi) is 6.25. The number of hydrogen-bond acceptors (Lipinski definition) is 0. The molecule has 0 fully saturated rings. The molecule has 0 saturated heterocycles. The van der Waals surface area contributed by atoms with Gasteiger partial charge in [0, 0.05) is 5.33 Å². The molecule has 0 heterocycles. The molecule has 0 aliphatic rings. The van der Waals surface area contributed by atoms with Crippen LogP contribution in [0, 0.1) is 11.3 Å². The van der Waals surface area contributed by atoms with Gasteiger partial charge in [-0.25, -0.2) is 0 Å². The standard InChI is InChI=1S/C11H23Br/c1-5-7-10(9-12)8-11(3,4)6-2/h10H,5-9H2,1-4H3. The molecular formula is C11H23Br. The van der Waals surface area contributed by atoms with Crippen LogP contribution in [0.1, 0.15) is 53.4 Å². The monoisotopic (exact) mass is 234 g/mol. The fourth-order valence-corrected chi connectivity index (χ4v) is 2.12. The van der Waals surface area contributed by atoms with Crippen LogP contribution in [0.2, 0.25) is 0 Å². The van der Waals surface area contributed by atoms with Gasteiger partial charge < -0.3 is 0 Å². The highest BCUT2D eigenvalue weighted by atomic mass is 79.9. The SMILES string of the molecule is CCCC(CBr)CC(C)(C)CC. The predicted octanol–water partition coefficient (Wildman–Crippen LogP) is 4.62. The maximum atomic E-state index is 3.60. The normalized spacial score (nSPS) is 14.8.